The Morgan fingerprint density at radius 2 is 1.65 bits per heavy atom. The van der Waals surface area contributed by atoms with Crippen molar-refractivity contribution in [3.8, 4) is 5.69 Å². The number of nitrogens with one attached hydrogen (secondary N) is 1. The van der Waals surface area contributed by atoms with Crippen LogP contribution < -0.4 is 10.2 Å². The van der Waals surface area contributed by atoms with Crippen molar-refractivity contribution >= 4 is 29.6 Å². The number of urea groups is 1. The zero-order valence-electron chi connectivity index (χ0n) is 20.0. The Morgan fingerprint density at radius 3 is 2.32 bits per heavy atom. The van der Waals surface area contributed by atoms with E-state index in [0.29, 0.717) is 5.69 Å². The van der Waals surface area contributed by atoms with E-state index in [0.717, 1.165) is 52.4 Å². The fraction of sp³-hybridized carbons (Fsp3) is 0.250. The normalized spacial score (nSPS) is 15.2. The van der Waals surface area contributed by atoms with Crippen LogP contribution in [-0.4, -0.2) is 22.4 Å². The predicted molar refractivity (Wildman–Crippen MR) is 134 cm³/mol. The molecule has 0 spiro atoms. The van der Waals surface area contributed by atoms with E-state index in [1.807, 2.05) is 39.0 Å². The number of carbonyl (C=O) groups is 3. The number of aromatic nitrogens is 1. The molecule has 6 heteroatoms. The number of hydrogen-bond acceptors (Lipinski definition) is 3. The fourth-order valence-electron chi connectivity index (χ4n) is 4.37. The summed E-state index contributed by atoms with van der Waals surface area (Å²) in [5.41, 5.74) is 6.13. The van der Waals surface area contributed by atoms with Gasteiger partial charge in [0.25, 0.3) is 11.8 Å². The van der Waals surface area contributed by atoms with Crippen LogP contribution in [0.15, 0.2) is 60.2 Å². The third-order valence-corrected chi connectivity index (χ3v) is 6.24. The molecule has 1 fully saturated rings. The first-order valence-electron chi connectivity index (χ1n) is 11.6. The number of para-hydroxylation sites is 1. The molecule has 1 aliphatic heterocycles. The monoisotopic (exact) mass is 455 g/mol. The van der Waals surface area contributed by atoms with Crippen molar-refractivity contribution in [2.75, 3.05) is 4.90 Å². The molecular formula is C28H29N3O3. The molecule has 1 aliphatic rings. The second-order valence-electron chi connectivity index (χ2n) is 8.68. The highest BCUT2D eigenvalue weighted by molar-refractivity contribution is 6.39. The molecule has 1 saturated heterocycles. The molecule has 2 heterocycles. The molecule has 4 rings (SSSR count). The summed E-state index contributed by atoms with van der Waals surface area (Å²) in [6, 6.07) is 16.8. The van der Waals surface area contributed by atoms with Gasteiger partial charge in [-0.05, 0) is 80.6 Å². The SMILES string of the molecule is CCCCc1ccc(-n2c(C)cc(/C=C3\C(=O)NC(=O)N(c4ccccc4C)C3=O)c2C)cc1. The van der Waals surface area contributed by atoms with Crippen LogP contribution in [0, 0.1) is 20.8 Å². The largest absolute Gasteiger partial charge is 0.335 e. The first kappa shape index (κ1) is 23.2. The molecule has 0 atom stereocenters. The highest BCUT2D eigenvalue weighted by Gasteiger charge is 2.37. The Balaban J connectivity index is 1.70. The molecule has 34 heavy (non-hydrogen) atoms. The highest BCUT2D eigenvalue weighted by Crippen LogP contribution is 2.27. The molecule has 6 nitrogen and oxygen atoms in total. The summed E-state index contributed by atoms with van der Waals surface area (Å²) in [6.07, 6.45) is 4.96. The van der Waals surface area contributed by atoms with Crippen LogP contribution in [0.5, 0.6) is 0 Å². The van der Waals surface area contributed by atoms with E-state index in [9.17, 15) is 14.4 Å². The van der Waals surface area contributed by atoms with Gasteiger partial charge < -0.3 is 4.57 Å². The zero-order chi connectivity index (χ0) is 24.4. The Bertz CT molecular complexity index is 1300. The molecule has 0 radical (unpaired) electrons. The maximum Gasteiger partial charge on any atom is 0.335 e. The smallest absolute Gasteiger partial charge is 0.318 e. The van der Waals surface area contributed by atoms with Gasteiger partial charge in [-0.15, -0.1) is 0 Å². The van der Waals surface area contributed by atoms with Gasteiger partial charge in [-0.25, -0.2) is 9.69 Å². The number of unbranched alkanes of at least 4 members (excludes halogenated alkanes) is 1. The third kappa shape index (κ3) is 4.31. The summed E-state index contributed by atoms with van der Waals surface area (Å²) in [6.45, 7) is 7.95. The van der Waals surface area contributed by atoms with E-state index in [1.165, 1.54) is 5.56 Å². The Labute approximate surface area is 199 Å². The van der Waals surface area contributed by atoms with Crippen molar-refractivity contribution < 1.29 is 14.4 Å². The predicted octanol–water partition coefficient (Wildman–Crippen LogP) is 5.41. The third-order valence-electron chi connectivity index (χ3n) is 6.24. The van der Waals surface area contributed by atoms with Crippen LogP contribution >= 0.6 is 0 Å². The minimum atomic E-state index is -0.741. The van der Waals surface area contributed by atoms with Gasteiger partial charge in [-0.1, -0.05) is 43.7 Å². The van der Waals surface area contributed by atoms with Gasteiger partial charge in [0, 0.05) is 17.1 Å². The molecule has 174 valence electrons. The van der Waals surface area contributed by atoms with Crippen molar-refractivity contribution in [1.29, 1.82) is 0 Å². The van der Waals surface area contributed by atoms with Crippen LogP contribution in [0.25, 0.3) is 11.8 Å². The topological polar surface area (TPSA) is 71.4 Å². The van der Waals surface area contributed by atoms with Crippen LogP contribution in [-0.2, 0) is 16.0 Å². The summed E-state index contributed by atoms with van der Waals surface area (Å²) in [5.74, 6) is -1.32. The fourth-order valence-corrected chi connectivity index (χ4v) is 4.37. The Morgan fingerprint density at radius 1 is 0.941 bits per heavy atom. The standard InChI is InChI=1S/C28H29N3O3/c1-5-6-10-21-12-14-23(15-13-21)30-19(3)16-22(20(30)4)17-24-26(32)29-28(34)31(27(24)33)25-11-8-7-9-18(25)2/h7-9,11-17H,5-6,10H2,1-4H3,(H,29,32,34)/b24-17+. The maximum atomic E-state index is 13.3. The summed E-state index contributed by atoms with van der Waals surface area (Å²) < 4.78 is 2.10. The molecule has 1 N–H and O–H groups in total. The lowest BCUT2D eigenvalue weighted by Crippen LogP contribution is -2.54. The number of anilines is 1. The molecule has 0 saturated carbocycles. The number of imide groups is 2. The van der Waals surface area contributed by atoms with Gasteiger partial charge in [0.2, 0.25) is 0 Å². The van der Waals surface area contributed by atoms with Crippen molar-refractivity contribution in [3.05, 3.63) is 88.2 Å². The number of benzene rings is 2. The van der Waals surface area contributed by atoms with E-state index >= 15 is 0 Å². The molecule has 0 unspecified atom stereocenters. The second kappa shape index (κ2) is 9.51. The van der Waals surface area contributed by atoms with E-state index in [-0.39, 0.29) is 5.57 Å². The first-order chi connectivity index (χ1) is 16.3. The molecular weight excluding hydrogens is 426 g/mol. The number of hydrogen-bond donors (Lipinski definition) is 1. The zero-order valence-corrected chi connectivity index (χ0v) is 20.0. The van der Waals surface area contributed by atoms with Gasteiger partial charge in [-0.2, -0.15) is 0 Å². The number of aryl methyl sites for hydroxylation is 3. The molecule has 0 aliphatic carbocycles. The average molecular weight is 456 g/mol. The number of amides is 4. The molecule has 1 aromatic heterocycles. The van der Waals surface area contributed by atoms with Gasteiger partial charge in [0.05, 0.1) is 5.69 Å². The van der Waals surface area contributed by atoms with Crippen molar-refractivity contribution in [1.82, 2.24) is 9.88 Å². The molecule has 0 bridgehead atoms. The van der Waals surface area contributed by atoms with Gasteiger partial charge in [0.15, 0.2) is 0 Å². The Kier molecular flexibility index (Phi) is 6.50. The summed E-state index contributed by atoms with van der Waals surface area (Å²) in [5, 5.41) is 2.30. The maximum absolute atomic E-state index is 13.3. The van der Waals surface area contributed by atoms with Crippen molar-refractivity contribution in [2.45, 2.75) is 47.0 Å². The molecule has 3 aromatic rings. The van der Waals surface area contributed by atoms with E-state index in [1.54, 1.807) is 18.2 Å². The van der Waals surface area contributed by atoms with Gasteiger partial charge >= 0.3 is 6.03 Å². The second-order valence-corrected chi connectivity index (χ2v) is 8.68. The van der Waals surface area contributed by atoms with E-state index < -0.39 is 17.8 Å². The lowest BCUT2D eigenvalue weighted by atomic mass is 10.1. The lowest BCUT2D eigenvalue weighted by Gasteiger charge is -2.27. The minimum absolute atomic E-state index is 0.0713. The van der Waals surface area contributed by atoms with Gasteiger partial charge in [-0.3, -0.25) is 14.9 Å². The number of carbonyl (C=O) groups excluding carboxylic acids is 3. The van der Waals surface area contributed by atoms with Crippen molar-refractivity contribution in [2.24, 2.45) is 0 Å². The first-order valence-corrected chi connectivity index (χ1v) is 11.6. The Hall–Kier alpha value is -3.93. The van der Waals surface area contributed by atoms with E-state index in [2.05, 4.69) is 41.1 Å². The number of rotatable bonds is 6. The number of nitrogens with zero attached hydrogens (tertiary/aromatic N) is 2. The van der Waals surface area contributed by atoms with Crippen LogP contribution in [0.2, 0.25) is 0 Å². The molecule has 4 amide bonds. The van der Waals surface area contributed by atoms with Gasteiger partial charge in [0.1, 0.15) is 5.57 Å². The number of barbiturate groups is 1. The summed E-state index contributed by atoms with van der Waals surface area (Å²) in [4.78, 5) is 39.4. The summed E-state index contributed by atoms with van der Waals surface area (Å²) >= 11 is 0. The minimum Gasteiger partial charge on any atom is -0.318 e. The van der Waals surface area contributed by atoms with Crippen LogP contribution in [0.3, 0.4) is 0 Å². The lowest BCUT2D eigenvalue weighted by molar-refractivity contribution is -0.122. The molecule has 2 aromatic carbocycles. The average Bonchev–Trinajstić information content (AvgIpc) is 3.09. The highest BCUT2D eigenvalue weighted by atomic mass is 16.2. The van der Waals surface area contributed by atoms with Crippen LogP contribution in [0.4, 0.5) is 10.5 Å². The summed E-state index contributed by atoms with van der Waals surface area (Å²) in [7, 11) is 0. The van der Waals surface area contributed by atoms with E-state index in [4.69, 9.17) is 0 Å². The van der Waals surface area contributed by atoms with Crippen LogP contribution in [0.1, 0.15) is 47.8 Å². The van der Waals surface area contributed by atoms with Crippen molar-refractivity contribution in [3.63, 3.8) is 0 Å². The quantitative estimate of drug-likeness (QED) is 0.399.